The Labute approximate surface area is 121 Å². The predicted octanol–water partition coefficient (Wildman–Crippen LogP) is 3.33. The van der Waals surface area contributed by atoms with Gasteiger partial charge in [0.15, 0.2) is 0 Å². The Morgan fingerprint density at radius 2 is 2.26 bits per heavy atom. The summed E-state index contributed by atoms with van der Waals surface area (Å²) in [5.74, 6) is 0.0509. The zero-order chi connectivity index (χ0) is 13.6. The number of thiazole rings is 1. The second-order valence-electron chi connectivity index (χ2n) is 4.17. The number of benzene rings is 1. The first kappa shape index (κ1) is 12.6. The molecule has 2 N–H and O–H groups in total. The number of aryl methyl sites for hydroxylation is 1. The molecule has 0 radical (unpaired) electrons. The van der Waals surface area contributed by atoms with Crippen molar-refractivity contribution in [3.63, 3.8) is 0 Å². The molecule has 98 valence electrons. The van der Waals surface area contributed by atoms with E-state index < -0.39 is 0 Å². The van der Waals surface area contributed by atoms with Crippen LogP contribution in [0.5, 0.6) is 0 Å². The van der Waals surface area contributed by atoms with Gasteiger partial charge in [0.05, 0.1) is 33.3 Å². The fourth-order valence-corrected chi connectivity index (χ4v) is 3.02. The molecular formula is C12H10BrFN4S. The third-order valence-electron chi connectivity index (χ3n) is 2.97. The number of imidazole rings is 1. The highest BCUT2D eigenvalue weighted by atomic mass is 79.9. The quantitative estimate of drug-likeness (QED) is 0.778. The molecule has 0 aliphatic heterocycles. The van der Waals surface area contributed by atoms with E-state index >= 15 is 0 Å². The molecule has 0 unspecified atom stereocenters. The van der Waals surface area contributed by atoms with Crippen molar-refractivity contribution in [2.75, 3.05) is 5.73 Å². The van der Waals surface area contributed by atoms with Crippen molar-refractivity contribution in [3.05, 3.63) is 38.5 Å². The normalized spacial score (nSPS) is 11.3. The molecule has 0 saturated heterocycles. The third-order valence-corrected chi connectivity index (χ3v) is 4.49. The number of halogens is 2. The number of hydrogen-bond acceptors (Lipinski definition) is 4. The number of fused-ring (bicyclic) bond motifs is 1. The van der Waals surface area contributed by atoms with Crippen LogP contribution in [0.2, 0.25) is 0 Å². The molecular weight excluding hydrogens is 331 g/mol. The molecule has 0 aliphatic carbocycles. The summed E-state index contributed by atoms with van der Waals surface area (Å²) in [6.07, 6.45) is 0. The SMILES string of the molecule is Cc1ncsc1Cn1c(N)nc2cc(Br)c(F)cc21. The molecule has 0 saturated carbocycles. The van der Waals surface area contributed by atoms with Crippen molar-refractivity contribution in [3.8, 4) is 0 Å². The molecule has 0 atom stereocenters. The molecule has 0 fully saturated rings. The van der Waals surface area contributed by atoms with Gasteiger partial charge in [-0.1, -0.05) is 0 Å². The number of nitrogens with zero attached hydrogens (tertiary/aromatic N) is 3. The lowest BCUT2D eigenvalue weighted by Crippen LogP contribution is -2.04. The van der Waals surface area contributed by atoms with Crippen LogP contribution < -0.4 is 5.73 Å². The minimum atomic E-state index is -0.324. The number of rotatable bonds is 2. The van der Waals surface area contributed by atoms with Gasteiger partial charge in [-0.2, -0.15) is 0 Å². The van der Waals surface area contributed by atoms with Gasteiger partial charge >= 0.3 is 0 Å². The van der Waals surface area contributed by atoms with Crippen LogP contribution in [-0.2, 0) is 6.54 Å². The smallest absolute Gasteiger partial charge is 0.201 e. The van der Waals surface area contributed by atoms with Gasteiger partial charge in [0.2, 0.25) is 5.95 Å². The average molecular weight is 341 g/mol. The number of aromatic nitrogens is 3. The Morgan fingerprint density at radius 1 is 1.47 bits per heavy atom. The molecule has 3 aromatic rings. The predicted molar refractivity (Wildman–Crippen MR) is 77.8 cm³/mol. The monoisotopic (exact) mass is 340 g/mol. The largest absolute Gasteiger partial charge is 0.369 e. The molecule has 2 heterocycles. The Hall–Kier alpha value is -1.47. The zero-order valence-corrected chi connectivity index (χ0v) is 12.4. The number of hydrogen-bond donors (Lipinski definition) is 1. The van der Waals surface area contributed by atoms with Gasteiger partial charge in [0.25, 0.3) is 0 Å². The van der Waals surface area contributed by atoms with Crippen molar-refractivity contribution in [1.82, 2.24) is 14.5 Å². The van der Waals surface area contributed by atoms with Crippen LogP contribution in [0.1, 0.15) is 10.6 Å². The summed E-state index contributed by atoms with van der Waals surface area (Å²) in [6, 6.07) is 3.08. The second kappa shape index (κ2) is 4.57. The van der Waals surface area contributed by atoms with E-state index in [1.54, 1.807) is 27.5 Å². The van der Waals surface area contributed by atoms with Gasteiger partial charge in [0.1, 0.15) is 5.82 Å². The average Bonchev–Trinajstić information content (AvgIpc) is 2.88. The lowest BCUT2D eigenvalue weighted by molar-refractivity contribution is 0.622. The van der Waals surface area contributed by atoms with Crippen LogP contribution >= 0.6 is 27.3 Å². The van der Waals surface area contributed by atoms with E-state index in [4.69, 9.17) is 5.73 Å². The summed E-state index contributed by atoms with van der Waals surface area (Å²) in [6.45, 7) is 2.50. The van der Waals surface area contributed by atoms with Crippen LogP contribution in [0.25, 0.3) is 11.0 Å². The molecule has 7 heteroatoms. The maximum atomic E-state index is 13.7. The molecule has 0 aliphatic rings. The maximum Gasteiger partial charge on any atom is 0.201 e. The molecule has 0 bridgehead atoms. The first-order valence-electron chi connectivity index (χ1n) is 5.56. The highest BCUT2D eigenvalue weighted by molar-refractivity contribution is 9.10. The molecule has 0 spiro atoms. The first-order valence-corrected chi connectivity index (χ1v) is 7.23. The highest BCUT2D eigenvalue weighted by Gasteiger charge is 2.13. The van der Waals surface area contributed by atoms with Crippen LogP contribution in [0, 0.1) is 12.7 Å². The van der Waals surface area contributed by atoms with E-state index in [9.17, 15) is 4.39 Å². The van der Waals surface area contributed by atoms with Gasteiger partial charge in [-0.25, -0.2) is 14.4 Å². The lowest BCUT2D eigenvalue weighted by Gasteiger charge is -2.05. The van der Waals surface area contributed by atoms with Crippen molar-refractivity contribution in [2.45, 2.75) is 13.5 Å². The molecule has 3 rings (SSSR count). The van der Waals surface area contributed by atoms with Crippen LogP contribution in [0.4, 0.5) is 10.3 Å². The van der Waals surface area contributed by atoms with E-state index in [0.717, 1.165) is 10.6 Å². The molecule has 1 aromatic carbocycles. The number of anilines is 1. The van der Waals surface area contributed by atoms with Gasteiger partial charge in [-0.3, -0.25) is 0 Å². The fourth-order valence-electron chi connectivity index (χ4n) is 1.93. The minimum Gasteiger partial charge on any atom is -0.369 e. The van der Waals surface area contributed by atoms with Gasteiger partial charge < -0.3 is 10.3 Å². The van der Waals surface area contributed by atoms with Gasteiger partial charge in [-0.05, 0) is 28.9 Å². The Morgan fingerprint density at radius 3 is 2.95 bits per heavy atom. The van der Waals surface area contributed by atoms with Crippen LogP contribution in [-0.4, -0.2) is 14.5 Å². The van der Waals surface area contributed by atoms with Crippen LogP contribution in [0.15, 0.2) is 22.1 Å². The third kappa shape index (κ3) is 2.12. The zero-order valence-electron chi connectivity index (χ0n) is 10.0. The standard InChI is InChI=1S/C12H10BrFN4S/c1-6-11(19-5-16-6)4-18-10-3-8(14)7(13)2-9(10)17-12(18)15/h2-3,5H,4H2,1H3,(H2,15,17). The van der Waals surface area contributed by atoms with E-state index in [1.807, 2.05) is 6.92 Å². The number of nitrogen functional groups attached to an aromatic ring is 1. The van der Waals surface area contributed by atoms with Crippen molar-refractivity contribution in [1.29, 1.82) is 0 Å². The summed E-state index contributed by atoms with van der Waals surface area (Å²) < 4.78 is 15.8. The van der Waals surface area contributed by atoms with Crippen LogP contribution in [0.3, 0.4) is 0 Å². The highest BCUT2D eigenvalue weighted by Crippen LogP contribution is 2.26. The molecule has 19 heavy (non-hydrogen) atoms. The van der Waals surface area contributed by atoms with Gasteiger partial charge in [0, 0.05) is 10.9 Å². The molecule has 2 aromatic heterocycles. The van der Waals surface area contributed by atoms with Crippen molar-refractivity contribution >= 4 is 44.2 Å². The summed E-state index contributed by atoms with van der Waals surface area (Å²) >= 11 is 4.70. The Kier molecular flexibility index (Phi) is 3.02. The topological polar surface area (TPSA) is 56.7 Å². The summed E-state index contributed by atoms with van der Waals surface area (Å²) in [7, 11) is 0. The van der Waals surface area contributed by atoms with Crippen molar-refractivity contribution < 1.29 is 4.39 Å². The summed E-state index contributed by atoms with van der Waals surface area (Å²) in [4.78, 5) is 9.55. The second-order valence-corrected chi connectivity index (χ2v) is 5.97. The molecule has 0 amide bonds. The van der Waals surface area contributed by atoms with E-state index in [-0.39, 0.29) is 5.82 Å². The first-order chi connectivity index (χ1) is 9.06. The van der Waals surface area contributed by atoms with E-state index in [0.29, 0.717) is 28.0 Å². The molecule has 4 nitrogen and oxygen atoms in total. The van der Waals surface area contributed by atoms with E-state index in [2.05, 4.69) is 25.9 Å². The fraction of sp³-hybridized carbons (Fsp3) is 0.167. The summed E-state index contributed by atoms with van der Waals surface area (Å²) in [5.41, 5.74) is 10.0. The van der Waals surface area contributed by atoms with Gasteiger partial charge in [-0.15, -0.1) is 11.3 Å². The minimum absolute atomic E-state index is 0.324. The number of nitrogens with two attached hydrogens (primary N) is 1. The van der Waals surface area contributed by atoms with E-state index in [1.165, 1.54) is 6.07 Å². The Balaban J connectivity index is 2.15. The maximum absolute atomic E-state index is 13.7. The Bertz CT molecular complexity index is 765. The summed E-state index contributed by atoms with van der Waals surface area (Å²) in [5, 5.41) is 0. The lowest BCUT2D eigenvalue weighted by atomic mass is 10.3. The van der Waals surface area contributed by atoms with Crippen molar-refractivity contribution in [2.24, 2.45) is 0 Å².